The van der Waals surface area contributed by atoms with Crippen molar-refractivity contribution in [2.45, 2.75) is 57.2 Å². The molecule has 2 aliphatic rings. The van der Waals surface area contributed by atoms with Crippen molar-refractivity contribution in [1.82, 2.24) is 33.7 Å². The third kappa shape index (κ3) is 5.25. The molecule has 45 heavy (non-hydrogen) atoms. The second-order valence-electron chi connectivity index (χ2n) is 12.1. The van der Waals surface area contributed by atoms with Gasteiger partial charge in [-0.05, 0) is 93.9 Å². The van der Waals surface area contributed by atoms with Crippen LogP contribution in [0.3, 0.4) is 0 Å². The van der Waals surface area contributed by atoms with E-state index >= 15 is 0 Å². The summed E-state index contributed by atoms with van der Waals surface area (Å²) in [6, 6.07) is 12.6. The molecule has 0 saturated carbocycles. The zero-order valence-electron chi connectivity index (χ0n) is 31.5. The lowest BCUT2D eigenvalue weighted by molar-refractivity contribution is -0.0366. The minimum atomic E-state index is -3.09. The molecule has 1 amide bonds. The first-order valence-electron chi connectivity index (χ1n) is 18.6. The molecule has 10 nitrogen and oxygen atoms in total. The number of piperidine rings is 1. The summed E-state index contributed by atoms with van der Waals surface area (Å²) in [6.45, 7) is -1.66. The Hall–Kier alpha value is -4.28. The number of hydrogen-bond donors (Lipinski definition) is 0. The Morgan fingerprint density at radius 2 is 1.87 bits per heavy atom. The van der Waals surface area contributed by atoms with E-state index in [2.05, 4.69) is 32.5 Å². The summed E-state index contributed by atoms with van der Waals surface area (Å²) in [5, 5.41) is 5.95. The Balaban J connectivity index is 1.07. The number of fused-ring (bicyclic) bond motifs is 2. The molecule has 10 heteroatoms. The largest absolute Gasteiger partial charge is 0.356 e. The van der Waals surface area contributed by atoms with Gasteiger partial charge in [0.05, 0.1) is 22.8 Å². The van der Waals surface area contributed by atoms with Crippen molar-refractivity contribution < 1.29 is 17.8 Å². The molecule has 0 spiro atoms. The number of pyridine rings is 2. The van der Waals surface area contributed by atoms with Gasteiger partial charge in [-0.2, -0.15) is 5.10 Å². The van der Waals surface area contributed by atoms with Gasteiger partial charge in [-0.25, -0.2) is 9.67 Å². The van der Waals surface area contributed by atoms with Crippen LogP contribution >= 0.6 is 0 Å². The van der Waals surface area contributed by atoms with E-state index in [-0.39, 0.29) is 34.2 Å². The average Bonchev–Trinajstić information content (AvgIpc) is 3.69. The lowest BCUT2D eigenvalue weighted by Gasteiger charge is -2.36. The summed E-state index contributed by atoms with van der Waals surface area (Å²) >= 11 is 0. The molecule has 5 aromatic rings. The second kappa shape index (κ2) is 11.9. The lowest BCUT2D eigenvalue weighted by atomic mass is 9.88. The molecule has 0 radical (unpaired) electrons. The molecule has 0 aliphatic carbocycles. The number of rotatable bonds is 6. The van der Waals surface area contributed by atoms with Crippen LogP contribution in [-0.2, 0) is 11.8 Å². The zero-order valence-corrected chi connectivity index (χ0v) is 25.5. The fourth-order valence-corrected chi connectivity index (χ4v) is 7.05. The van der Waals surface area contributed by atoms with Crippen molar-refractivity contribution in [3.8, 4) is 5.69 Å². The summed E-state index contributed by atoms with van der Waals surface area (Å²) in [7, 11) is 2.00. The van der Waals surface area contributed by atoms with Crippen molar-refractivity contribution in [3.63, 3.8) is 0 Å². The highest BCUT2D eigenvalue weighted by Crippen LogP contribution is 2.35. The maximum absolute atomic E-state index is 13.8. The fourth-order valence-electron chi connectivity index (χ4n) is 7.05. The highest BCUT2D eigenvalue weighted by atomic mass is 16.5. The van der Waals surface area contributed by atoms with E-state index in [4.69, 9.17) is 13.0 Å². The van der Waals surface area contributed by atoms with E-state index in [1.165, 1.54) is 12.1 Å². The molecule has 2 saturated heterocycles. The maximum Gasteiger partial charge on any atom is 0.266 e. The Kier molecular flexibility index (Phi) is 6.12. The smallest absolute Gasteiger partial charge is 0.266 e. The van der Waals surface area contributed by atoms with Crippen LogP contribution in [0.1, 0.15) is 87.1 Å². The number of likely N-dealkylation sites (tertiary alicyclic amines) is 1. The molecule has 7 rings (SSSR count). The molecule has 0 bridgehead atoms. The van der Waals surface area contributed by atoms with Crippen LogP contribution in [-0.4, -0.2) is 73.3 Å². The van der Waals surface area contributed by atoms with Gasteiger partial charge in [0, 0.05) is 70.9 Å². The van der Waals surface area contributed by atoms with E-state index < -0.39 is 19.9 Å². The quantitative estimate of drug-likeness (QED) is 0.254. The molecular weight excluding hydrogens is 566 g/mol. The number of carbonyl (C=O) groups excluding carboxylic acids is 1. The van der Waals surface area contributed by atoms with Gasteiger partial charge >= 0.3 is 0 Å². The SMILES string of the molecule is [2H]C([2H])([2H])N(C(=O)c1ccc(C2CCN([C@@H](C)c3cc4c(-n5ccc6c(cnn6C6CCCCO6)c5=O)ccnc4n3C)CC2)cc1)C([2H])([2H])[2H]. The predicted octanol–water partition coefficient (Wildman–Crippen LogP) is 5.42. The van der Waals surface area contributed by atoms with Gasteiger partial charge in [0.2, 0.25) is 0 Å². The third-order valence-electron chi connectivity index (χ3n) is 9.63. The van der Waals surface area contributed by atoms with E-state index in [1.54, 1.807) is 35.3 Å². The van der Waals surface area contributed by atoms with Crippen LogP contribution in [0.5, 0.6) is 0 Å². The average molecular weight is 614 g/mol. The Labute approximate surface area is 271 Å². The monoisotopic (exact) mass is 613 g/mol. The number of aromatic nitrogens is 5. The summed E-state index contributed by atoms with van der Waals surface area (Å²) in [5.74, 6) is -0.820. The fraction of sp³-hybridized carbons (Fsp3) is 0.429. The van der Waals surface area contributed by atoms with E-state index in [1.807, 2.05) is 23.9 Å². The van der Waals surface area contributed by atoms with Crippen LogP contribution in [0.15, 0.2) is 65.8 Å². The van der Waals surface area contributed by atoms with Crippen molar-refractivity contribution in [3.05, 3.63) is 88.2 Å². The first kappa shape index (κ1) is 23.1. The Morgan fingerprint density at radius 3 is 2.60 bits per heavy atom. The van der Waals surface area contributed by atoms with Gasteiger partial charge in [-0.3, -0.25) is 19.1 Å². The molecule has 0 N–H and O–H groups in total. The highest BCUT2D eigenvalue weighted by molar-refractivity contribution is 5.93. The molecule has 2 atom stereocenters. The first-order valence-corrected chi connectivity index (χ1v) is 15.6. The van der Waals surface area contributed by atoms with E-state index in [0.717, 1.165) is 78.7 Å². The molecule has 6 heterocycles. The van der Waals surface area contributed by atoms with Crippen LogP contribution in [0.25, 0.3) is 27.6 Å². The maximum atomic E-state index is 13.8. The molecule has 2 fully saturated rings. The number of hydrogen-bond acceptors (Lipinski definition) is 6. The number of amides is 1. The van der Waals surface area contributed by atoms with Crippen LogP contribution in [0.2, 0.25) is 0 Å². The van der Waals surface area contributed by atoms with Gasteiger partial charge in [-0.1, -0.05) is 12.1 Å². The predicted molar refractivity (Wildman–Crippen MR) is 175 cm³/mol. The van der Waals surface area contributed by atoms with Gasteiger partial charge in [0.25, 0.3) is 11.5 Å². The Bertz CT molecular complexity index is 2110. The van der Waals surface area contributed by atoms with E-state index in [0.29, 0.717) is 12.0 Å². The Morgan fingerprint density at radius 1 is 1.07 bits per heavy atom. The number of carbonyl (C=O) groups is 1. The zero-order chi connectivity index (χ0) is 36.2. The molecule has 234 valence electrons. The van der Waals surface area contributed by atoms with Crippen LogP contribution in [0.4, 0.5) is 0 Å². The molecule has 2 aliphatic heterocycles. The number of benzene rings is 1. The van der Waals surface area contributed by atoms with Crippen molar-refractivity contribution in [1.29, 1.82) is 0 Å². The molecule has 4 aromatic heterocycles. The summed E-state index contributed by atoms with van der Waals surface area (Å²) in [5.41, 5.74) is 4.27. The minimum Gasteiger partial charge on any atom is -0.356 e. The number of ether oxygens (including phenoxy) is 1. The van der Waals surface area contributed by atoms with Gasteiger partial charge in [0.1, 0.15) is 5.65 Å². The lowest BCUT2D eigenvalue weighted by Crippen LogP contribution is -2.35. The van der Waals surface area contributed by atoms with Crippen LogP contribution < -0.4 is 5.56 Å². The topological polar surface area (TPSA) is 90.4 Å². The molecular formula is C35H41N7O3. The molecule has 1 aromatic carbocycles. The van der Waals surface area contributed by atoms with Crippen molar-refractivity contribution in [2.24, 2.45) is 7.05 Å². The van der Waals surface area contributed by atoms with E-state index in [9.17, 15) is 9.59 Å². The summed E-state index contributed by atoms with van der Waals surface area (Å²) < 4.78 is 56.8. The van der Waals surface area contributed by atoms with Gasteiger partial charge in [-0.15, -0.1) is 0 Å². The van der Waals surface area contributed by atoms with Gasteiger partial charge < -0.3 is 14.2 Å². The van der Waals surface area contributed by atoms with Gasteiger partial charge in [0.15, 0.2) is 6.23 Å². The standard InChI is InChI=1S/C35H41N7O3/c1-23(40-17-13-25(14-18-40)24-8-10-26(11-9-24)34(43)38(2)3)31-21-27-29(12-16-36-33(27)39(31)4)41-19-15-30-28(35(41)44)22-37-42(30)32-7-5-6-20-45-32/h8-12,15-16,19,21-23,25,32H,5-7,13-14,17-18,20H2,1-4H3/t23-,32?/m0/s1/i2D3,3D3. The highest BCUT2D eigenvalue weighted by Gasteiger charge is 2.27. The first-order chi connectivity index (χ1) is 24.2. The summed E-state index contributed by atoms with van der Waals surface area (Å²) in [4.78, 5) is 33.8. The van der Waals surface area contributed by atoms with Crippen molar-refractivity contribution in [2.75, 3.05) is 33.6 Å². The minimum absolute atomic E-state index is 0.0137. The van der Waals surface area contributed by atoms with Crippen molar-refractivity contribution >= 4 is 27.8 Å². The number of nitrogens with zero attached hydrogens (tertiary/aromatic N) is 7. The molecule has 1 unspecified atom stereocenters. The normalized spacial score (nSPS) is 21.4. The second-order valence-corrected chi connectivity index (χ2v) is 12.1. The summed E-state index contributed by atoms with van der Waals surface area (Å²) in [6.07, 6.45) is 9.72. The third-order valence-corrected chi connectivity index (χ3v) is 9.63. The number of aryl methyl sites for hydroxylation is 1. The van der Waals surface area contributed by atoms with Crippen LogP contribution in [0, 0.1) is 0 Å².